The van der Waals surface area contributed by atoms with Crippen LogP contribution in [0.4, 0.5) is 11.5 Å². The van der Waals surface area contributed by atoms with Gasteiger partial charge in [0.1, 0.15) is 5.82 Å². The smallest absolute Gasteiger partial charge is 0.258 e. The summed E-state index contributed by atoms with van der Waals surface area (Å²) in [5, 5.41) is 3.35. The van der Waals surface area contributed by atoms with Gasteiger partial charge in [0.2, 0.25) is 0 Å². The van der Waals surface area contributed by atoms with E-state index in [1.54, 1.807) is 0 Å². The van der Waals surface area contributed by atoms with E-state index >= 15 is 0 Å². The number of hydrogen-bond donors (Lipinski definition) is 1. The van der Waals surface area contributed by atoms with E-state index in [9.17, 15) is 4.79 Å². The minimum absolute atomic E-state index is 0.0583. The second kappa shape index (κ2) is 10.3. The maximum atomic E-state index is 13.3. The first kappa shape index (κ1) is 21.8. The lowest BCUT2D eigenvalue weighted by molar-refractivity contribution is 0.0987. The molecule has 1 N–H and O–H groups in total. The second-order valence-corrected chi connectivity index (χ2v) is 9.01. The molecule has 5 heteroatoms. The zero-order valence-corrected chi connectivity index (χ0v) is 19.0. The minimum Gasteiger partial charge on any atom is -0.355 e. The van der Waals surface area contributed by atoms with Gasteiger partial charge in [-0.25, -0.2) is 4.98 Å². The molecule has 1 aromatic carbocycles. The molecule has 1 aliphatic carbocycles. The third-order valence-corrected chi connectivity index (χ3v) is 6.89. The van der Waals surface area contributed by atoms with Crippen molar-refractivity contribution < 1.29 is 4.79 Å². The van der Waals surface area contributed by atoms with Crippen LogP contribution in [0.1, 0.15) is 73.7 Å². The van der Waals surface area contributed by atoms with E-state index < -0.39 is 0 Å². The van der Waals surface area contributed by atoms with Crippen LogP contribution in [-0.2, 0) is 0 Å². The zero-order chi connectivity index (χ0) is 21.6. The van der Waals surface area contributed by atoms with Crippen molar-refractivity contribution in [2.75, 3.05) is 36.5 Å². The van der Waals surface area contributed by atoms with E-state index in [0.29, 0.717) is 18.5 Å². The maximum absolute atomic E-state index is 13.3. The molecule has 2 fully saturated rings. The Balaban J connectivity index is 1.47. The Hall–Kier alpha value is -2.40. The van der Waals surface area contributed by atoms with Gasteiger partial charge in [-0.15, -0.1) is 0 Å². The molecule has 4 rings (SSSR count). The maximum Gasteiger partial charge on any atom is 0.258 e. The second-order valence-electron chi connectivity index (χ2n) is 9.01. The minimum atomic E-state index is 0.0583. The van der Waals surface area contributed by atoms with Crippen LogP contribution in [-0.4, -0.2) is 43.6 Å². The molecule has 2 heterocycles. The number of amides is 1. The summed E-state index contributed by atoms with van der Waals surface area (Å²) in [4.78, 5) is 22.2. The average molecular weight is 421 g/mol. The van der Waals surface area contributed by atoms with E-state index in [2.05, 4.69) is 40.3 Å². The molecule has 1 aromatic heterocycles. The molecule has 1 saturated heterocycles. The molecule has 166 valence electrons. The van der Waals surface area contributed by atoms with Crippen LogP contribution in [0, 0.1) is 0 Å². The molecule has 1 amide bonds. The van der Waals surface area contributed by atoms with Crippen LogP contribution in [0.5, 0.6) is 0 Å². The van der Waals surface area contributed by atoms with Gasteiger partial charge in [-0.2, -0.15) is 0 Å². The Kier molecular flexibility index (Phi) is 7.23. The van der Waals surface area contributed by atoms with Gasteiger partial charge in [-0.1, -0.05) is 38.3 Å². The number of anilines is 2. The number of carbonyl (C=O) groups is 1. The normalized spacial score (nSPS) is 19.5. The number of nitrogens with one attached hydrogen (secondary N) is 1. The molecular formula is C26H36N4O. The van der Waals surface area contributed by atoms with Crippen molar-refractivity contribution in [3.8, 4) is 0 Å². The first-order chi connectivity index (χ1) is 15.2. The molecule has 31 heavy (non-hydrogen) atoms. The Labute approximate surface area is 186 Å². The first-order valence-corrected chi connectivity index (χ1v) is 12.0. The van der Waals surface area contributed by atoms with Gasteiger partial charge >= 0.3 is 0 Å². The van der Waals surface area contributed by atoms with Crippen LogP contribution in [0.2, 0.25) is 0 Å². The average Bonchev–Trinajstić information content (AvgIpc) is 3.32. The summed E-state index contributed by atoms with van der Waals surface area (Å²) < 4.78 is 0. The number of carbonyl (C=O) groups excluding carboxylic acids is 1. The Bertz CT molecular complexity index is 843. The summed E-state index contributed by atoms with van der Waals surface area (Å²) in [6, 6.07) is 13.0. The Morgan fingerprint density at radius 1 is 1.10 bits per heavy atom. The first-order valence-electron chi connectivity index (χ1n) is 12.0. The van der Waals surface area contributed by atoms with Gasteiger partial charge in [-0.05, 0) is 68.5 Å². The van der Waals surface area contributed by atoms with Crippen LogP contribution >= 0.6 is 0 Å². The van der Waals surface area contributed by atoms with Crippen molar-refractivity contribution in [2.45, 2.75) is 63.8 Å². The third kappa shape index (κ3) is 5.09. The molecular weight excluding hydrogens is 384 g/mol. The molecule has 2 aliphatic rings. The SMILES string of the molecule is CCCN(C(=O)c1ccc(C2CCCCC2)cc1)c1ccc(N2CCC(NC)C2)nc1. The zero-order valence-electron chi connectivity index (χ0n) is 19.0. The predicted molar refractivity (Wildman–Crippen MR) is 128 cm³/mol. The van der Waals surface area contributed by atoms with E-state index in [4.69, 9.17) is 0 Å². The molecule has 0 radical (unpaired) electrons. The van der Waals surface area contributed by atoms with Crippen LogP contribution < -0.4 is 15.1 Å². The van der Waals surface area contributed by atoms with Crippen LogP contribution in [0.15, 0.2) is 42.6 Å². The van der Waals surface area contributed by atoms with Crippen molar-refractivity contribution >= 4 is 17.4 Å². The lowest BCUT2D eigenvalue weighted by atomic mass is 9.84. The Morgan fingerprint density at radius 3 is 2.48 bits per heavy atom. The van der Waals surface area contributed by atoms with E-state index in [0.717, 1.165) is 43.0 Å². The number of likely N-dealkylation sites (N-methyl/N-ethyl adjacent to an activating group) is 1. The fraction of sp³-hybridized carbons (Fsp3) is 0.538. The van der Waals surface area contributed by atoms with E-state index in [-0.39, 0.29) is 5.91 Å². The summed E-state index contributed by atoms with van der Waals surface area (Å²) >= 11 is 0. The number of nitrogens with zero attached hydrogens (tertiary/aromatic N) is 3. The highest BCUT2D eigenvalue weighted by Gasteiger charge is 2.23. The van der Waals surface area contributed by atoms with E-state index in [1.807, 2.05) is 36.3 Å². The largest absolute Gasteiger partial charge is 0.355 e. The summed E-state index contributed by atoms with van der Waals surface area (Å²) in [5.74, 6) is 1.71. The highest BCUT2D eigenvalue weighted by atomic mass is 16.2. The van der Waals surface area contributed by atoms with Crippen LogP contribution in [0.3, 0.4) is 0 Å². The van der Waals surface area contributed by atoms with Gasteiger partial charge in [0, 0.05) is 31.2 Å². The highest BCUT2D eigenvalue weighted by Crippen LogP contribution is 2.33. The van der Waals surface area contributed by atoms with Gasteiger partial charge in [0.15, 0.2) is 0 Å². The monoisotopic (exact) mass is 420 g/mol. The van der Waals surface area contributed by atoms with Gasteiger partial charge in [0.25, 0.3) is 5.91 Å². The molecule has 0 spiro atoms. The fourth-order valence-electron chi connectivity index (χ4n) is 4.99. The summed E-state index contributed by atoms with van der Waals surface area (Å²) in [5.41, 5.74) is 3.01. The van der Waals surface area contributed by atoms with Crippen molar-refractivity contribution in [3.63, 3.8) is 0 Å². The summed E-state index contributed by atoms with van der Waals surface area (Å²) in [6.07, 6.45) is 10.5. The van der Waals surface area contributed by atoms with Crippen molar-refractivity contribution in [3.05, 3.63) is 53.7 Å². The molecule has 5 nitrogen and oxygen atoms in total. The molecule has 1 saturated carbocycles. The fourth-order valence-corrected chi connectivity index (χ4v) is 4.99. The number of rotatable bonds is 7. The van der Waals surface area contributed by atoms with E-state index in [1.165, 1.54) is 37.7 Å². The summed E-state index contributed by atoms with van der Waals surface area (Å²) in [7, 11) is 2.01. The van der Waals surface area contributed by atoms with Gasteiger partial charge in [-0.3, -0.25) is 4.79 Å². The van der Waals surface area contributed by atoms with Crippen molar-refractivity contribution in [2.24, 2.45) is 0 Å². The number of hydrogen-bond acceptors (Lipinski definition) is 4. The molecule has 2 aromatic rings. The summed E-state index contributed by atoms with van der Waals surface area (Å²) in [6.45, 7) is 4.79. The lowest BCUT2D eigenvalue weighted by Gasteiger charge is -2.24. The van der Waals surface area contributed by atoms with Gasteiger partial charge < -0.3 is 15.1 Å². The predicted octanol–water partition coefficient (Wildman–Crippen LogP) is 4.98. The standard InChI is InChI=1S/C26H36N4O/c1-3-16-30(24-13-14-25(28-18-24)29-17-15-23(19-29)27-2)26(31)22-11-9-21(10-12-22)20-7-5-4-6-8-20/h9-14,18,20,23,27H,3-8,15-17,19H2,1-2H3. The van der Waals surface area contributed by atoms with Crippen LogP contribution in [0.25, 0.3) is 0 Å². The molecule has 0 bridgehead atoms. The van der Waals surface area contributed by atoms with Gasteiger partial charge in [0.05, 0.1) is 11.9 Å². The molecule has 1 unspecified atom stereocenters. The topological polar surface area (TPSA) is 48.5 Å². The quantitative estimate of drug-likeness (QED) is 0.686. The third-order valence-electron chi connectivity index (χ3n) is 6.89. The number of aromatic nitrogens is 1. The highest BCUT2D eigenvalue weighted by molar-refractivity contribution is 6.06. The Morgan fingerprint density at radius 2 is 1.87 bits per heavy atom. The van der Waals surface area contributed by atoms with Crippen molar-refractivity contribution in [1.82, 2.24) is 10.3 Å². The number of pyridine rings is 1. The molecule has 1 atom stereocenters. The lowest BCUT2D eigenvalue weighted by Crippen LogP contribution is -2.32. The number of benzene rings is 1. The van der Waals surface area contributed by atoms with Crippen molar-refractivity contribution in [1.29, 1.82) is 0 Å². The molecule has 1 aliphatic heterocycles.